The molecular formula is C21H27F2NO4S. The number of hydrogen-bond acceptors (Lipinski definition) is 4. The van der Waals surface area contributed by atoms with Crippen molar-refractivity contribution in [2.75, 3.05) is 18.8 Å². The first-order valence-corrected chi connectivity index (χ1v) is 11.9. The first-order valence-electron chi connectivity index (χ1n) is 10.2. The van der Waals surface area contributed by atoms with E-state index < -0.39 is 21.2 Å². The van der Waals surface area contributed by atoms with Crippen LogP contribution >= 0.6 is 0 Å². The lowest BCUT2D eigenvalue weighted by Crippen LogP contribution is -2.55. The molecule has 1 aliphatic heterocycles. The standard InChI is InChI=1S/C21H27F2NO4S/c22-21(23)11-13-24(14-12-21)18(26)20-8-5-19(6-9-20,7-10-20)15-29(27,28)17-3-1-16(25)2-4-17/h1-4,25H,5-15H2. The summed E-state index contributed by atoms with van der Waals surface area (Å²) in [5.74, 6) is -2.62. The number of carbonyl (C=O) groups is 1. The Labute approximate surface area is 170 Å². The number of amides is 1. The van der Waals surface area contributed by atoms with Gasteiger partial charge in [-0.1, -0.05) is 0 Å². The number of benzene rings is 1. The van der Waals surface area contributed by atoms with E-state index in [2.05, 4.69) is 0 Å². The molecule has 5 nitrogen and oxygen atoms in total. The number of halogens is 2. The van der Waals surface area contributed by atoms with Crippen molar-refractivity contribution in [3.8, 4) is 5.75 Å². The van der Waals surface area contributed by atoms with E-state index in [9.17, 15) is 27.1 Å². The first kappa shape index (κ1) is 20.6. The van der Waals surface area contributed by atoms with Gasteiger partial charge in [0.15, 0.2) is 9.84 Å². The van der Waals surface area contributed by atoms with E-state index >= 15 is 0 Å². The molecular weight excluding hydrogens is 400 g/mol. The topological polar surface area (TPSA) is 74.7 Å². The molecule has 1 N–H and O–H groups in total. The van der Waals surface area contributed by atoms with Crippen LogP contribution in [-0.4, -0.2) is 49.1 Å². The van der Waals surface area contributed by atoms with Crippen molar-refractivity contribution in [1.29, 1.82) is 0 Å². The molecule has 0 unspecified atom stereocenters. The summed E-state index contributed by atoms with van der Waals surface area (Å²) >= 11 is 0. The number of phenolic OH excluding ortho intramolecular Hbond substituents is 1. The molecule has 4 fully saturated rings. The maximum Gasteiger partial charge on any atom is 0.251 e. The molecule has 1 amide bonds. The highest BCUT2D eigenvalue weighted by molar-refractivity contribution is 7.91. The van der Waals surface area contributed by atoms with Gasteiger partial charge >= 0.3 is 0 Å². The number of phenols is 1. The SMILES string of the molecule is O=C(N1CCC(F)(F)CC1)C12CCC(CS(=O)(=O)c3ccc(O)cc3)(CC1)CC2. The Morgan fingerprint density at radius 2 is 1.45 bits per heavy atom. The predicted octanol–water partition coefficient (Wildman–Crippen LogP) is 3.76. The summed E-state index contributed by atoms with van der Waals surface area (Å²) in [6, 6.07) is 5.59. The van der Waals surface area contributed by atoms with Crippen LogP contribution < -0.4 is 0 Å². The highest BCUT2D eigenvalue weighted by Gasteiger charge is 2.55. The molecule has 2 bridgehead atoms. The second kappa shape index (κ2) is 6.93. The Morgan fingerprint density at radius 1 is 0.931 bits per heavy atom. The van der Waals surface area contributed by atoms with Crippen molar-refractivity contribution in [3.63, 3.8) is 0 Å². The Balaban J connectivity index is 1.43. The van der Waals surface area contributed by atoms with Crippen molar-refractivity contribution >= 4 is 15.7 Å². The number of sulfone groups is 1. The average molecular weight is 428 g/mol. The molecule has 0 aromatic heterocycles. The number of fused-ring (bicyclic) bond motifs is 3. The van der Waals surface area contributed by atoms with Crippen molar-refractivity contribution in [1.82, 2.24) is 4.90 Å². The lowest BCUT2D eigenvalue weighted by atomic mass is 9.54. The zero-order valence-electron chi connectivity index (χ0n) is 16.4. The summed E-state index contributed by atoms with van der Waals surface area (Å²) in [4.78, 5) is 14.9. The number of aromatic hydroxyl groups is 1. The van der Waals surface area contributed by atoms with Gasteiger partial charge in [0.1, 0.15) is 5.75 Å². The fourth-order valence-corrected chi connectivity index (χ4v) is 7.27. The largest absolute Gasteiger partial charge is 0.508 e. The Bertz CT molecular complexity index is 863. The summed E-state index contributed by atoms with van der Waals surface area (Å²) < 4.78 is 52.6. The van der Waals surface area contributed by atoms with Crippen molar-refractivity contribution in [3.05, 3.63) is 24.3 Å². The quantitative estimate of drug-likeness (QED) is 0.794. The molecule has 1 heterocycles. The Kier molecular flexibility index (Phi) is 4.91. The van der Waals surface area contributed by atoms with E-state index in [4.69, 9.17) is 0 Å². The van der Waals surface area contributed by atoms with E-state index in [0.717, 1.165) is 0 Å². The minimum absolute atomic E-state index is 0.0114. The van der Waals surface area contributed by atoms with Gasteiger partial charge in [0.25, 0.3) is 5.92 Å². The number of likely N-dealkylation sites (tertiary alicyclic amines) is 1. The number of rotatable bonds is 4. The van der Waals surface area contributed by atoms with Crippen LogP contribution in [0.3, 0.4) is 0 Å². The second-order valence-corrected chi connectivity index (χ2v) is 11.2. The summed E-state index contributed by atoms with van der Waals surface area (Å²) in [5.41, 5.74) is -0.829. The van der Waals surface area contributed by atoms with E-state index in [1.807, 2.05) is 0 Å². The molecule has 4 aliphatic rings. The average Bonchev–Trinajstić information content (AvgIpc) is 2.68. The molecule has 3 saturated carbocycles. The fraction of sp³-hybridized carbons (Fsp3) is 0.667. The van der Waals surface area contributed by atoms with Crippen LogP contribution in [-0.2, 0) is 14.6 Å². The van der Waals surface area contributed by atoms with Crippen molar-refractivity contribution in [2.45, 2.75) is 62.2 Å². The first-order chi connectivity index (χ1) is 13.6. The monoisotopic (exact) mass is 427 g/mol. The highest BCUT2D eigenvalue weighted by atomic mass is 32.2. The van der Waals surface area contributed by atoms with Gasteiger partial charge in [-0.05, 0) is 68.2 Å². The molecule has 29 heavy (non-hydrogen) atoms. The van der Waals surface area contributed by atoms with Crippen LogP contribution in [0.15, 0.2) is 29.2 Å². The molecule has 5 rings (SSSR count). The highest BCUT2D eigenvalue weighted by Crippen LogP contribution is 2.58. The van der Waals surface area contributed by atoms with Gasteiger partial charge in [-0.3, -0.25) is 4.79 Å². The van der Waals surface area contributed by atoms with Gasteiger partial charge in [0, 0.05) is 31.3 Å². The Morgan fingerprint density at radius 3 is 1.97 bits per heavy atom. The summed E-state index contributed by atoms with van der Waals surface area (Å²) in [6.45, 7) is 0.210. The third-order valence-corrected chi connectivity index (χ3v) is 9.31. The minimum atomic E-state index is -3.49. The van der Waals surface area contributed by atoms with Gasteiger partial charge in [0.05, 0.1) is 10.6 Å². The second-order valence-electron chi connectivity index (χ2n) is 9.18. The van der Waals surface area contributed by atoms with Crippen LogP contribution in [0.5, 0.6) is 5.75 Å². The molecule has 3 aliphatic carbocycles. The van der Waals surface area contributed by atoms with Crippen LogP contribution in [0.25, 0.3) is 0 Å². The van der Waals surface area contributed by atoms with Crippen LogP contribution in [0.4, 0.5) is 8.78 Å². The third-order valence-electron chi connectivity index (χ3n) is 7.33. The summed E-state index contributed by atoms with van der Waals surface area (Å²) in [6.07, 6.45) is 3.34. The number of carbonyl (C=O) groups excluding carboxylic acids is 1. The van der Waals surface area contributed by atoms with Gasteiger partial charge in [0.2, 0.25) is 5.91 Å². The summed E-state index contributed by atoms with van der Waals surface area (Å²) in [5, 5.41) is 9.39. The number of hydrogen-bond donors (Lipinski definition) is 1. The van der Waals surface area contributed by atoms with Gasteiger partial charge in [-0.2, -0.15) is 0 Å². The number of alkyl halides is 2. The minimum Gasteiger partial charge on any atom is -0.508 e. The molecule has 160 valence electrons. The third kappa shape index (κ3) is 3.88. The van der Waals surface area contributed by atoms with Crippen molar-refractivity contribution < 1.29 is 27.1 Å². The zero-order valence-corrected chi connectivity index (χ0v) is 17.2. The van der Waals surface area contributed by atoms with Gasteiger partial charge in [-0.15, -0.1) is 0 Å². The van der Waals surface area contributed by atoms with Crippen LogP contribution in [0, 0.1) is 10.8 Å². The van der Waals surface area contributed by atoms with Gasteiger partial charge < -0.3 is 10.0 Å². The van der Waals surface area contributed by atoms with E-state index in [-0.39, 0.29) is 53.7 Å². The Hall–Kier alpha value is -1.70. The van der Waals surface area contributed by atoms with Crippen LogP contribution in [0.2, 0.25) is 0 Å². The van der Waals surface area contributed by atoms with Gasteiger partial charge in [-0.25, -0.2) is 17.2 Å². The van der Waals surface area contributed by atoms with E-state index in [0.29, 0.717) is 38.5 Å². The number of nitrogens with zero attached hydrogens (tertiary/aromatic N) is 1. The van der Waals surface area contributed by atoms with Crippen LogP contribution in [0.1, 0.15) is 51.4 Å². The van der Waals surface area contributed by atoms with E-state index in [1.54, 1.807) is 4.90 Å². The van der Waals surface area contributed by atoms with Crippen molar-refractivity contribution in [2.24, 2.45) is 10.8 Å². The molecule has 0 spiro atoms. The molecule has 1 aromatic rings. The molecule has 1 saturated heterocycles. The predicted molar refractivity (Wildman–Crippen MR) is 103 cm³/mol. The fourth-order valence-electron chi connectivity index (χ4n) is 5.31. The van der Waals surface area contributed by atoms with E-state index in [1.165, 1.54) is 24.3 Å². The smallest absolute Gasteiger partial charge is 0.251 e. The maximum absolute atomic E-state index is 13.4. The summed E-state index contributed by atoms with van der Waals surface area (Å²) in [7, 11) is -3.49. The molecule has 0 atom stereocenters. The lowest BCUT2D eigenvalue weighted by Gasteiger charge is -2.53. The number of piperidine rings is 1. The normalized spacial score (nSPS) is 31.6. The lowest BCUT2D eigenvalue weighted by molar-refractivity contribution is -0.156. The molecule has 0 radical (unpaired) electrons. The molecule has 8 heteroatoms. The zero-order chi connectivity index (χ0) is 20.9. The maximum atomic E-state index is 13.4. The molecule has 1 aromatic carbocycles.